The Morgan fingerprint density at radius 3 is 1.68 bits per heavy atom. The van der Waals surface area contributed by atoms with E-state index in [9.17, 15) is 22.0 Å². The lowest BCUT2D eigenvalue weighted by atomic mass is 9.74. The number of hydrogen-bond acceptors (Lipinski definition) is 1. The third kappa shape index (κ3) is 8.12. The van der Waals surface area contributed by atoms with Crippen molar-refractivity contribution in [2.75, 3.05) is 0 Å². The molecule has 2 saturated carbocycles. The molecule has 6 heteroatoms. The molecule has 2 aliphatic rings. The Morgan fingerprint density at radius 1 is 0.676 bits per heavy atom. The zero-order valence-electron chi connectivity index (χ0n) is 20.5. The summed E-state index contributed by atoms with van der Waals surface area (Å²) in [6, 6.07) is 5.71. The van der Waals surface area contributed by atoms with Gasteiger partial charge in [0.2, 0.25) is 0 Å². The van der Waals surface area contributed by atoms with E-state index in [1.165, 1.54) is 95.6 Å². The molecule has 1 nitrogen and oxygen atoms in total. The first-order chi connectivity index (χ1) is 16.2. The van der Waals surface area contributed by atoms with E-state index in [0.29, 0.717) is 5.92 Å². The zero-order chi connectivity index (χ0) is 24.6. The largest absolute Gasteiger partial charge is 0.499 e. The minimum atomic E-state index is -5.72. The van der Waals surface area contributed by atoms with Crippen LogP contribution in [-0.4, -0.2) is 12.3 Å². The van der Waals surface area contributed by atoms with Gasteiger partial charge >= 0.3 is 12.3 Å². The molecule has 1 aromatic carbocycles. The quantitative estimate of drug-likeness (QED) is 0.222. The van der Waals surface area contributed by atoms with E-state index in [2.05, 4.69) is 11.7 Å². The van der Waals surface area contributed by atoms with Gasteiger partial charge in [0.15, 0.2) is 0 Å². The Morgan fingerprint density at radius 2 is 1.18 bits per heavy atom. The molecule has 0 atom stereocenters. The minimum absolute atomic E-state index is 0.344. The molecule has 194 valence electrons. The number of alkyl halides is 5. The van der Waals surface area contributed by atoms with Crippen LogP contribution >= 0.6 is 0 Å². The van der Waals surface area contributed by atoms with Crippen molar-refractivity contribution in [3.63, 3.8) is 0 Å². The predicted octanol–water partition coefficient (Wildman–Crippen LogP) is 10.1. The van der Waals surface area contributed by atoms with Gasteiger partial charge in [-0.1, -0.05) is 89.7 Å². The van der Waals surface area contributed by atoms with Crippen molar-refractivity contribution in [1.29, 1.82) is 0 Å². The Labute approximate surface area is 201 Å². The summed E-state index contributed by atoms with van der Waals surface area (Å²) in [5.74, 6) is 2.50. The second-order valence-electron chi connectivity index (χ2n) is 10.7. The van der Waals surface area contributed by atoms with Crippen LogP contribution in [0.25, 0.3) is 0 Å². The number of halogens is 5. The number of rotatable bonds is 11. The number of benzene rings is 1. The summed E-state index contributed by atoms with van der Waals surface area (Å²) in [6.07, 6.45) is 8.71. The van der Waals surface area contributed by atoms with Crippen LogP contribution in [0.15, 0.2) is 24.3 Å². The molecule has 34 heavy (non-hydrogen) atoms. The molecule has 0 radical (unpaired) electrons. The highest BCUT2D eigenvalue weighted by atomic mass is 19.4. The third-order valence-corrected chi connectivity index (χ3v) is 8.19. The summed E-state index contributed by atoms with van der Waals surface area (Å²) in [7, 11) is 0. The molecule has 1 aromatic rings. The summed E-state index contributed by atoms with van der Waals surface area (Å²) < 4.78 is 67.0. The second-order valence-corrected chi connectivity index (χ2v) is 10.7. The van der Waals surface area contributed by atoms with E-state index in [4.69, 9.17) is 0 Å². The maximum atomic E-state index is 13.1. The minimum Gasteiger partial charge on any atom is -0.426 e. The molecule has 0 aliphatic heterocycles. The lowest BCUT2D eigenvalue weighted by Gasteiger charge is -2.32. The molecule has 0 heterocycles. The molecule has 0 saturated heterocycles. The van der Waals surface area contributed by atoms with Gasteiger partial charge in [-0.3, -0.25) is 0 Å². The van der Waals surface area contributed by atoms with E-state index in [1.54, 1.807) is 12.1 Å². The van der Waals surface area contributed by atoms with Gasteiger partial charge in [0.1, 0.15) is 5.75 Å². The third-order valence-electron chi connectivity index (χ3n) is 8.19. The molecular formula is C28H41F5O. The molecular weight excluding hydrogens is 447 g/mol. The summed E-state index contributed by atoms with van der Waals surface area (Å²) in [6.45, 7) is 2.27. The van der Waals surface area contributed by atoms with Crippen LogP contribution in [-0.2, 0) is 0 Å². The van der Waals surface area contributed by atoms with Gasteiger partial charge < -0.3 is 4.74 Å². The lowest BCUT2D eigenvalue weighted by Crippen LogP contribution is -2.41. The van der Waals surface area contributed by atoms with E-state index in [-0.39, 0.29) is 0 Å². The van der Waals surface area contributed by atoms with E-state index in [1.807, 2.05) is 0 Å². The highest BCUT2D eigenvalue weighted by Crippen LogP contribution is 2.41. The van der Waals surface area contributed by atoms with Gasteiger partial charge in [0, 0.05) is 0 Å². The topological polar surface area (TPSA) is 9.23 Å². The van der Waals surface area contributed by atoms with Gasteiger partial charge in [-0.05, 0) is 67.1 Å². The molecule has 0 aromatic heterocycles. The standard InChI is InChI=1S/C28H41F5O/c1-2-3-4-5-6-21-7-9-22(10-8-21)11-12-23-13-15-24(16-14-23)25-17-19-26(20-18-25)34-28(32,33)27(29,30)31/h17-24H,2-16H2,1H3/t21-,22-,23-,24-. The van der Waals surface area contributed by atoms with Crippen molar-refractivity contribution in [3.05, 3.63) is 29.8 Å². The number of hydrogen-bond donors (Lipinski definition) is 0. The fourth-order valence-corrected chi connectivity index (χ4v) is 5.94. The van der Waals surface area contributed by atoms with Crippen LogP contribution in [0.2, 0.25) is 0 Å². The van der Waals surface area contributed by atoms with Crippen molar-refractivity contribution in [1.82, 2.24) is 0 Å². The average molecular weight is 489 g/mol. The molecule has 2 aliphatic carbocycles. The first-order valence-electron chi connectivity index (χ1n) is 13.4. The fourth-order valence-electron chi connectivity index (χ4n) is 5.94. The van der Waals surface area contributed by atoms with E-state index < -0.39 is 18.0 Å². The van der Waals surface area contributed by atoms with E-state index in [0.717, 1.165) is 36.2 Å². The van der Waals surface area contributed by atoms with Crippen molar-refractivity contribution in [3.8, 4) is 5.75 Å². The van der Waals surface area contributed by atoms with Gasteiger partial charge in [-0.2, -0.15) is 22.0 Å². The van der Waals surface area contributed by atoms with Gasteiger partial charge in [0.25, 0.3) is 0 Å². The SMILES string of the molecule is CCCCCC[C@H]1CC[C@H](CC[C@H]2CC[C@H](c3ccc(OC(F)(F)C(F)(F)F)cc3)CC2)CC1. The molecule has 0 spiro atoms. The van der Waals surface area contributed by atoms with Gasteiger partial charge in [-0.25, -0.2) is 0 Å². The molecule has 0 N–H and O–H groups in total. The Bertz CT molecular complexity index is 699. The maximum Gasteiger partial charge on any atom is 0.499 e. The van der Waals surface area contributed by atoms with Gasteiger partial charge in [-0.15, -0.1) is 0 Å². The van der Waals surface area contributed by atoms with Crippen LogP contribution in [0.1, 0.15) is 115 Å². The van der Waals surface area contributed by atoms with Crippen LogP contribution in [0, 0.1) is 17.8 Å². The lowest BCUT2D eigenvalue weighted by molar-refractivity contribution is -0.360. The van der Waals surface area contributed by atoms with E-state index >= 15 is 0 Å². The van der Waals surface area contributed by atoms with Crippen molar-refractivity contribution in [2.45, 2.75) is 121 Å². The summed E-state index contributed by atoms with van der Waals surface area (Å²) in [4.78, 5) is 0. The van der Waals surface area contributed by atoms with Gasteiger partial charge in [0.05, 0.1) is 0 Å². The predicted molar refractivity (Wildman–Crippen MR) is 126 cm³/mol. The fraction of sp³-hybridized carbons (Fsp3) is 0.786. The number of ether oxygens (including phenoxy) is 1. The highest BCUT2D eigenvalue weighted by molar-refractivity contribution is 5.30. The summed E-state index contributed by atoms with van der Waals surface area (Å²) in [5.41, 5.74) is 0.999. The molecule has 0 bridgehead atoms. The first-order valence-corrected chi connectivity index (χ1v) is 13.4. The molecule has 2 fully saturated rings. The normalized spacial score (nSPS) is 26.4. The van der Waals surface area contributed by atoms with Crippen LogP contribution < -0.4 is 4.74 Å². The maximum absolute atomic E-state index is 13.1. The summed E-state index contributed by atoms with van der Waals surface area (Å²) >= 11 is 0. The monoisotopic (exact) mass is 488 g/mol. The molecule has 0 unspecified atom stereocenters. The van der Waals surface area contributed by atoms with Crippen LogP contribution in [0.3, 0.4) is 0 Å². The van der Waals surface area contributed by atoms with Crippen LogP contribution in [0.4, 0.5) is 22.0 Å². The Kier molecular flexibility index (Phi) is 10.1. The van der Waals surface area contributed by atoms with Crippen LogP contribution in [0.5, 0.6) is 5.75 Å². The Hall–Kier alpha value is -1.33. The van der Waals surface area contributed by atoms with Crippen molar-refractivity contribution in [2.24, 2.45) is 17.8 Å². The second kappa shape index (κ2) is 12.6. The number of unbranched alkanes of at least 4 members (excludes halogenated alkanes) is 3. The van der Waals surface area contributed by atoms with Crippen molar-refractivity contribution < 1.29 is 26.7 Å². The average Bonchev–Trinajstić information content (AvgIpc) is 2.81. The Balaban J connectivity index is 1.33. The highest BCUT2D eigenvalue weighted by Gasteiger charge is 2.61. The summed E-state index contributed by atoms with van der Waals surface area (Å²) in [5, 5.41) is 0. The molecule has 0 amide bonds. The van der Waals surface area contributed by atoms with Crippen molar-refractivity contribution >= 4 is 0 Å². The zero-order valence-corrected chi connectivity index (χ0v) is 20.5. The molecule has 3 rings (SSSR count). The first kappa shape index (κ1) is 27.3. The smallest absolute Gasteiger partial charge is 0.426 e.